The Morgan fingerprint density at radius 3 is 2.73 bits per heavy atom. The van der Waals surface area contributed by atoms with Crippen molar-refractivity contribution in [3.05, 3.63) is 53.0 Å². The van der Waals surface area contributed by atoms with Crippen LogP contribution in [-0.2, 0) is 17.8 Å². The Hall–Kier alpha value is -3.29. The molecule has 0 saturated heterocycles. The van der Waals surface area contributed by atoms with Gasteiger partial charge in [-0.3, -0.25) is 14.2 Å². The summed E-state index contributed by atoms with van der Waals surface area (Å²) in [4.78, 5) is 28.9. The van der Waals surface area contributed by atoms with E-state index in [0.29, 0.717) is 35.4 Å². The molecule has 1 N–H and O–H groups in total. The summed E-state index contributed by atoms with van der Waals surface area (Å²) in [5.41, 5.74) is 0.152. The molecule has 0 aliphatic carbocycles. The topological polar surface area (TPSA) is 95.6 Å². The van der Waals surface area contributed by atoms with E-state index >= 15 is 0 Å². The van der Waals surface area contributed by atoms with Gasteiger partial charge in [0.25, 0.3) is 5.56 Å². The monoisotopic (exact) mass is 357 g/mol. The van der Waals surface area contributed by atoms with Gasteiger partial charge in [-0.1, -0.05) is 0 Å². The van der Waals surface area contributed by atoms with Gasteiger partial charge in [-0.05, 0) is 18.2 Å². The second-order valence-corrected chi connectivity index (χ2v) is 5.58. The van der Waals surface area contributed by atoms with Crippen molar-refractivity contribution >= 4 is 16.8 Å². The number of carbonyl (C=O) groups is 1. The lowest BCUT2D eigenvalue weighted by molar-refractivity contribution is -0.121. The molecule has 26 heavy (non-hydrogen) atoms. The van der Waals surface area contributed by atoms with Crippen LogP contribution in [0.2, 0.25) is 0 Å². The van der Waals surface area contributed by atoms with E-state index in [1.807, 2.05) is 6.07 Å². The molecule has 8 nitrogen and oxygen atoms in total. The number of rotatable bonds is 7. The lowest BCUT2D eigenvalue weighted by Gasteiger charge is -2.10. The molecule has 3 aromatic rings. The first kappa shape index (κ1) is 17.5. The Balaban J connectivity index is 1.74. The van der Waals surface area contributed by atoms with Gasteiger partial charge in [0, 0.05) is 19.0 Å². The highest BCUT2D eigenvalue weighted by atomic mass is 16.5. The van der Waals surface area contributed by atoms with Crippen LogP contribution in [0.5, 0.6) is 11.5 Å². The highest BCUT2D eigenvalue weighted by Gasteiger charge is 2.12. The molecule has 0 spiro atoms. The summed E-state index contributed by atoms with van der Waals surface area (Å²) in [6.07, 6.45) is 3.52. The van der Waals surface area contributed by atoms with Gasteiger partial charge in [0.1, 0.15) is 12.3 Å². The average molecular weight is 357 g/mol. The first-order chi connectivity index (χ1) is 12.6. The summed E-state index contributed by atoms with van der Waals surface area (Å²) in [5, 5.41) is 3.11. The molecule has 0 saturated carbocycles. The van der Waals surface area contributed by atoms with Gasteiger partial charge >= 0.3 is 0 Å². The highest BCUT2D eigenvalue weighted by molar-refractivity contribution is 5.82. The van der Waals surface area contributed by atoms with Crippen LogP contribution in [0.25, 0.3) is 10.9 Å². The number of benzene rings is 1. The average Bonchev–Trinajstić information content (AvgIpc) is 3.16. The van der Waals surface area contributed by atoms with Gasteiger partial charge in [-0.25, -0.2) is 4.98 Å². The maximum Gasteiger partial charge on any atom is 0.261 e. The van der Waals surface area contributed by atoms with E-state index in [9.17, 15) is 9.59 Å². The molecule has 0 fully saturated rings. The van der Waals surface area contributed by atoms with Gasteiger partial charge in [0.05, 0.1) is 37.7 Å². The molecule has 2 aromatic heterocycles. The van der Waals surface area contributed by atoms with Gasteiger partial charge in [-0.2, -0.15) is 0 Å². The summed E-state index contributed by atoms with van der Waals surface area (Å²) in [7, 11) is 3.00. The van der Waals surface area contributed by atoms with Crippen molar-refractivity contribution in [1.82, 2.24) is 14.9 Å². The third-order valence-corrected chi connectivity index (χ3v) is 3.92. The van der Waals surface area contributed by atoms with Gasteiger partial charge in [0.15, 0.2) is 11.5 Å². The summed E-state index contributed by atoms with van der Waals surface area (Å²) >= 11 is 0. The molecule has 0 unspecified atom stereocenters. The Morgan fingerprint density at radius 1 is 1.27 bits per heavy atom. The molecule has 1 aromatic carbocycles. The molecule has 2 heterocycles. The molecule has 0 radical (unpaired) electrons. The van der Waals surface area contributed by atoms with Gasteiger partial charge in [-0.15, -0.1) is 0 Å². The van der Waals surface area contributed by atoms with Crippen molar-refractivity contribution in [2.75, 3.05) is 20.8 Å². The van der Waals surface area contributed by atoms with E-state index in [1.54, 1.807) is 24.5 Å². The number of nitrogens with zero attached hydrogens (tertiary/aromatic N) is 2. The fraction of sp³-hybridized carbons (Fsp3) is 0.278. The second kappa shape index (κ2) is 7.73. The number of furan rings is 1. The van der Waals surface area contributed by atoms with E-state index in [0.717, 1.165) is 5.76 Å². The normalized spacial score (nSPS) is 10.7. The molecule has 8 heteroatoms. The predicted octanol–water partition coefficient (Wildman–Crippen LogP) is 1.37. The Bertz CT molecular complexity index is 963. The lowest BCUT2D eigenvalue weighted by atomic mass is 10.2. The van der Waals surface area contributed by atoms with E-state index in [1.165, 1.54) is 25.1 Å². The zero-order valence-corrected chi connectivity index (χ0v) is 14.5. The fourth-order valence-electron chi connectivity index (χ4n) is 2.59. The number of ether oxygens (including phenoxy) is 2. The van der Waals surface area contributed by atoms with E-state index < -0.39 is 0 Å². The molecule has 0 bridgehead atoms. The van der Waals surface area contributed by atoms with E-state index in [4.69, 9.17) is 13.9 Å². The summed E-state index contributed by atoms with van der Waals surface area (Å²) in [6.45, 7) is 0.307. The summed E-state index contributed by atoms with van der Waals surface area (Å²) in [5.74, 6) is 1.43. The number of carbonyl (C=O) groups excluding carboxylic acids is 1. The van der Waals surface area contributed by atoms with Crippen molar-refractivity contribution in [3.63, 3.8) is 0 Å². The molecule has 3 rings (SSSR count). The van der Waals surface area contributed by atoms with E-state index in [2.05, 4.69) is 10.3 Å². The van der Waals surface area contributed by atoms with Crippen molar-refractivity contribution in [1.29, 1.82) is 0 Å². The number of amides is 1. The predicted molar refractivity (Wildman–Crippen MR) is 94.5 cm³/mol. The first-order valence-electron chi connectivity index (χ1n) is 8.02. The molecule has 0 aliphatic rings. The minimum atomic E-state index is -0.322. The van der Waals surface area contributed by atoms with Crippen LogP contribution in [0.15, 0.2) is 46.1 Å². The zero-order valence-electron chi connectivity index (χ0n) is 14.5. The third kappa shape index (κ3) is 3.69. The van der Waals surface area contributed by atoms with Gasteiger partial charge < -0.3 is 19.2 Å². The van der Waals surface area contributed by atoms with Crippen molar-refractivity contribution < 1.29 is 18.7 Å². The highest BCUT2D eigenvalue weighted by Crippen LogP contribution is 2.29. The number of aromatic nitrogens is 2. The molecular weight excluding hydrogens is 338 g/mol. The number of hydrogen-bond acceptors (Lipinski definition) is 6. The molecule has 0 atom stereocenters. The fourth-order valence-corrected chi connectivity index (χ4v) is 2.59. The van der Waals surface area contributed by atoms with Crippen LogP contribution in [0, 0.1) is 0 Å². The van der Waals surface area contributed by atoms with Crippen LogP contribution in [0.1, 0.15) is 5.76 Å². The largest absolute Gasteiger partial charge is 0.493 e. The van der Waals surface area contributed by atoms with Crippen molar-refractivity contribution in [3.8, 4) is 11.5 Å². The van der Waals surface area contributed by atoms with Crippen LogP contribution in [-0.4, -0.2) is 36.2 Å². The number of nitrogens with one attached hydrogen (secondary N) is 1. The zero-order chi connectivity index (χ0) is 18.5. The number of fused-ring (bicyclic) bond motifs is 1. The molecular formula is C18H19N3O5. The Morgan fingerprint density at radius 2 is 2.04 bits per heavy atom. The maximum atomic E-state index is 12.6. The molecule has 0 aliphatic heterocycles. The van der Waals surface area contributed by atoms with Gasteiger partial charge in [0.2, 0.25) is 5.91 Å². The second-order valence-electron chi connectivity index (χ2n) is 5.58. The Labute approximate surface area is 149 Å². The third-order valence-electron chi connectivity index (χ3n) is 3.92. The van der Waals surface area contributed by atoms with Crippen LogP contribution in [0.4, 0.5) is 0 Å². The quantitative estimate of drug-likeness (QED) is 0.686. The number of methoxy groups -OCH3 is 2. The molecule has 136 valence electrons. The lowest BCUT2D eigenvalue weighted by Crippen LogP contribution is -2.33. The number of hydrogen-bond donors (Lipinski definition) is 1. The standard InChI is InChI=1S/C18H19N3O5/c1-24-15-8-13-14(9-16(15)25-2)20-11-21(18(13)23)10-17(22)19-6-5-12-4-3-7-26-12/h3-4,7-9,11H,5-6,10H2,1-2H3,(H,19,22). The smallest absolute Gasteiger partial charge is 0.261 e. The van der Waals surface area contributed by atoms with Crippen molar-refractivity contribution in [2.24, 2.45) is 0 Å². The van der Waals surface area contributed by atoms with Crippen LogP contribution in [0.3, 0.4) is 0 Å². The summed E-state index contributed by atoms with van der Waals surface area (Å²) in [6, 6.07) is 6.82. The van der Waals surface area contributed by atoms with Crippen molar-refractivity contribution in [2.45, 2.75) is 13.0 Å². The molecule has 1 amide bonds. The Kier molecular flexibility index (Phi) is 5.21. The van der Waals surface area contributed by atoms with Crippen LogP contribution < -0.4 is 20.3 Å². The SMILES string of the molecule is COc1cc2ncn(CC(=O)NCCc3ccco3)c(=O)c2cc1OC. The van der Waals surface area contributed by atoms with Crippen LogP contribution >= 0.6 is 0 Å². The minimum absolute atomic E-state index is 0.117. The summed E-state index contributed by atoms with van der Waals surface area (Å²) < 4.78 is 16.9. The van der Waals surface area contributed by atoms with E-state index in [-0.39, 0.29) is 18.0 Å². The maximum absolute atomic E-state index is 12.6. The minimum Gasteiger partial charge on any atom is -0.493 e. The first-order valence-corrected chi connectivity index (χ1v) is 8.02.